The van der Waals surface area contributed by atoms with Crippen molar-refractivity contribution in [2.75, 3.05) is 0 Å². The maximum atomic E-state index is 12.6. The molecule has 30 heavy (non-hydrogen) atoms. The molecule has 0 spiro atoms. The Morgan fingerprint density at radius 2 is 1.77 bits per heavy atom. The number of hydrogen-bond donors (Lipinski definition) is 1. The van der Waals surface area contributed by atoms with Gasteiger partial charge in [0.1, 0.15) is 12.4 Å². The third-order valence-corrected chi connectivity index (χ3v) is 5.30. The number of carbonyl (C=O) groups is 1. The van der Waals surface area contributed by atoms with Crippen LogP contribution in [0.15, 0.2) is 78.9 Å². The number of para-hydroxylation sites is 1. The number of benzene rings is 3. The zero-order valence-electron chi connectivity index (χ0n) is 17.2. The monoisotopic (exact) mass is 396 g/mol. The summed E-state index contributed by atoms with van der Waals surface area (Å²) < 4.78 is 5.89. The number of fused-ring (bicyclic) bond motifs is 1. The second-order valence-electron chi connectivity index (χ2n) is 7.35. The number of aryl methyl sites for hydroxylation is 1. The summed E-state index contributed by atoms with van der Waals surface area (Å²) in [5, 5.41) is 4.10. The van der Waals surface area contributed by atoms with Gasteiger partial charge >= 0.3 is 0 Å². The van der Waals surface area contributed by atoms with Crippen molar-refractivity contribution in [2.24, 2.45) is 0 Å². The number of amides is 1. The van der Waals surface area contributed by atoms with Crippen LogP contribution in [0, 0.1) is 13.8 Å². The molecule has 0 atom stereocenters. The first kappa shape index (κ1) is 19.6. The number of nitrogens with one attached hydrogen (secondary N) is 1. The summed E-state index contributed by atoms with van der Waals surface area (Å²) in [6.45, 7) is 4.99. The number of carbonyl (C=O) groups excluding carboxylic acids is 1. The zero-order valence-corrected chi connectivity index (χ0v) is 17.2. The summed E-state index contributed by atoms with van der Waals surface area (Å²) in [4.78, 5) is 17.2. The SMILES string of the molecule is Cc1cccc(CNC(=O)c2cccc(OCc3ccc4ccccc4n3)c2)c1C. The van der Waals surface area contributed by atoms with Crippen LogP contribution in [-0.2, 0) is 13.2 Å². The van der Waals surface area contributed by atoms with E-state index < -0.39 is 0 Å². The van der Waals surface area contributed by atoms with Crippen molar-refractivity contribution in [1.29, 1.82) is 0 Å². The molecule has 0 saturated heterocycles. The van der Waals surface area contributed by atoms with Gasteiger partial charge in [0.05, 0.1) is 11.2 Å². The normalized spacial score (nSPS) is 10.7. The van der Waals surface area contributed by atoms with E-state index in [-0.39, 0.29) is 5.91 Å². The average molecular weight is 396 g/mol. The Labute approximate surface area is 176 Å². The summed E-state index contributed by atoms with van der Waals surface area (Å²) in [6, 6.07) is 25.4. The number of ether oxygens (including phenoxy) is 1. The Balaban J connectivity index is 1.40. The van der Waals surface area contributed by atoms with Crippen molar-refractivity contribution in [3.8, 4) is 5.75 Å². The molecule has 0 aliphatic carbocycles. The molecule has 4 aromatic rings. The molecule has 0 saturated carbocycles. The van der Waals surface area contributed by atoms with Crippen LogP contribution in [0.5, 0.6) is 5.75 Å². The first-order valence-electron chi connectivity index (χ1n) is 10.0. The highest BCUT2D eigenvalue weighted by molar-refractivity contribution is 5.94. The highest BCUT2D eigenvalue weighted by Gasteiger charge is 2.09. The lowest BCUT2D eigenvalue weighted by Gasteiger charge is -2.11. The van der Waals surface area contributed by atoms with E-state index in [0.29, 0.717) is 24.5 Å². The maximum absolute atomic E-state index is 12.6. The van der Waals surface area contributed by atoms with Crippen LogP contribution in [0.4, 0.5) is 0 Å². The van der Waals surface area contributed by atoms with Crippen molar-refractivity contribution < 1.29 is 9.53 Å². The molecule has 4 nitrogen and oxygen atoms in total. The van der Waals surface area contributed by atoms with Crippen LogP contribution in [-0.4, -0.2) is 10.9 Å². The van der Waals surface area contributed by atoms with E-state index in [4.69, 9.17) is 4.74 Å². The molecule has 4 heteroatoms. The molecule has 4 rings (SSSR count). The quantitative estimate of drug-likeness (QED) is 0.477. The predicted octanol–water partition coefficient (Wildman–Crippen LogP) is 5.36. The minimum Gasteiger partial charge on any atom is -0.487 e. The highest BCUT2D eigenvalue weighted by Crippen LogP contribution is 2.17. The third kappa shape index (κ3) is 4.49. The van der Waals surface area contributed by atoms with Gasteiger partial charge in [0.2, 0.25) is 0 Å². The van der Waals surface area contributed by atoms with Gasteiger partial charge in [0.15, 0.2) is 0 Å². The summed E-state index contributed by atoms with van der Waals surface area (Å²) in [5.74, 6) is 0.523. The number of rotatable bonds is 6. The Morgan fingerprint density at radius 3 is 2.67 bits per heavy atom. The van der Waals surface area contributed by atoms with Crippen LogP contribution >= 0.6 is 0 Å². The van der Waals surface area contributed by atoms with E-state index in [1.165, 1.54) is 11.1 Å². The van der Waals surface area contributed by atoms with Crippen LogP contribution in [0.3, 0.4) is 0 Å². The predicted molar refractivity (Wildman–Crippen MR) is 120 cm³/mol. The van der Waals surface area contributed by atoms with E-state index in [1.54, 1.807) is 12.1 Å². The smallest absolute Gasteiger partial charge is 0.251 e. The third-order valence-electron chi connectivity index (χ3n) is 5.30. The molecular formula is C26H24N2O2. The fourth-order valence-electron chi connectivity index (χ4n) is 3.35. The summed E-state index contributed by atoms with van der Waals surface area (Å²) in [7, 11) is 0. The lowest BCUT2D eigenvalue weighted by atomic mass is 10.0. The fourth-order valence-corrected chi connectivity index (χ4v) is 3.35. The van der Waals surface area contributed by atoms with Gasteiger partial charge in [-0.2, -0.15) is 0 Å². The average Bonchev–Trinajstić information content (AvgIpc) is 2.78. The van der Waals surface area contributed by atoms with Crippen molar-refractivity contribution in [2.45, 2.75) is 27.0 Å². The minimum absolute atomic E-state index is 0.120. The number of aromatic nitrogens is 1. The molecule has 3 aromatic carbocycles. The molecule has 0 unspecified atom stereocenters. The standard InChI is InChI=1S/C26H24N2O2/c1-18-7-5-10-22(19(18)2)16-27-26(29)21-9-6-11-24(15-21)30-17-23-14-13-20-8-3-4-12-25(20)28-23/h3-15H,16-17H2,1-2H3,(H,27,29). The lowest BCUT2D eigenvalue weighted by Crippen LogP contribution is -2.23. The zero-order chi connectivity index (χ0) is 20.9. The maximum Gasteiger partial charge on any atom is 0.251 e. The molecule has 0 fully saturated rings. The molecule has 0 bridgehead atoms. The molecule has 0 radical (unpaired) electrons. The lowest BCUT2D eigenvalue weighted by molar-refractivity contribution is 0.0950. The highest BCUT2D eigenvalue weighted by atomic mass is 16.5. The Bertz CT molecular complexity index is 1200. The first-order chi connectivity index (χ1) is 14.6. The van der Waals surface area contributed by atoms with E-state index >= 15 is 0 Å². The van der Waals surface area contributed by atoms with Gasteiger partial charge < -0.3 is 10.1 Å². The van der Waals surface area contributed by atoms with Gasteiger partial charge in [-0.05, 0) is 60.9 Å². The van der Waals surface area contributed by atoms with Crippen LogP contribution < -0.4 is 10.1 Å². The van der Waals surface area contributed by atoms with Crippen molar-refractivity contribution in [1.82, 2.24) is 10.3 Å². The second-order valence-corrected chi connectivity index (χ2v) is 7.35. The molecular weight excluding hydrogens is 372 g/mol. The molecule has 1 N–H and O–H groups in total. The number of pyridine rings is 1. The van der Waals surface area contributed by atoms with Gasteiger partial charge in [0.25, 0.3) is 5.91 Å². The Hall–Kier alpha value is -3.66. The summed E-state index contributed by atoms with van der Waals surface area (Å²) >= 11 is 0. The van der Waals surface area contributed by atoms with Crippen LogP contribution in [0.25, 0.3) is 10.9 Å². The van der Waals surface area contributed by atoms with E-state index in [1.807, 2.05) is 60.7 Å². The molecule has 0 aliphatic heterocycles. The first-order valence-corrected chi connectivity index (χ1v) is 10.0. The van der Waals surface area contributed by atoms with Crippen molar-refractivity contribution >= 4 is 16.8 Å². The second kappa shape index (κ2) is 8.78. The largest absolute Gasteiger partial charge is 0.487 e. The molecule has 1 amide bonds. The Morgan fingerprint density at radius 1 is 0.933 bits per heavy atom. The van der Waals surface area contributed by atoms with E-state index in [0.717, 1.165) is 22.2 Å². The van der Waals surface area contributed by atoms with Crippen molar-refractivity contribution in [3.63, 3.8) is 0 Å². The summed E-state index contributed by atoms with van der Waals surface area (Å²) in [6.07, 6.45) is 0. The molecule has 150 valence electrons. The van der Waals surface area contributed by atoms with Gasteiger partial charge in [-0.15, -0.1) is 0 Å². The topological polar surface area (TPSA) is 51.2 Å². The minimum atomic E-state index is -0.120. The van der Waals surface area contributed by atoms with E-state index in [2.05, 4.69) is 30.2 Å². The van der Waals surface area contributed by atoms with Gasteiger partial charge in [-0.1, -0.05) is 48.5 Å². The van der Waals surface area contributed by atoms with Gasteiger partial charge in [-0.3, -0.25) is 4.79 Å². The summed E-state index contributed by atoms with van der Waals surface area (Å²) in [5.41, 5.74) is 5.91. The fraction of sp³-hybridized carbons (Fsp3) is 0.154. The molecule has 1 aromatic heterocycles. The van der Waals surface area contributed by atoms with Crippen LogP contribution in [0.2, 0.25) is 0 Å². The molecule has 1 heterocycles. The Kier molecular flexibility index (Phi) is 5.75. The molecule has 0 aliphatic rings. The van der Waals surface area contributed by atoms with Crippen LogP contribution in [0.1, 0.15) is 32.7 Å². The van der Waals surface area contributed by atoms with Gasteiger partial charge in [0, 0.05) is 17.5 Å². The number of hydrogen-bond acceptors (Lipinski definition) is 3. The van der Waals surface area contributed by atoms with Gasteiger partial charge in [-0.25, -0.2) is 4.98 Å². The van der Waals surface area contributed by atoms with Crippen molar-refractivity contribution in [3.05, 3.63) is 107 Å². The van der Waals surface area contributed by atoms with E-state index in [9.17, 15) is 4.79 Å². The number of nitrogens with zero attached hydrogens (tertiary/aromatic N) is 1.